The van der Waals surface area contributed by atoms with E-state index in [2.05, 4.69) is 4.98 Å². The zero-order chi connectivity index (χ0) is 10.8. The summed E-state index contributed by atoms with van der Waals surface area (Å²) < 4.78 is 22.0. The van der Waals surface area contributed by atoms with Gasteiger partial charge < -0.3 is 5.73 Å². The van der Waals surface area contributed by atoms with Crippen molar-refractivity contribution in [3.63, 3.8) is 0 Å². The fraction of sp³-hybridized carbons (Fsp3) is 0.250. The molecule has 5 nitrogen and oxygen atoms in total. The van der Waals surface area contributed by atoms with E-state index in [1.165, 1.54) is 18.3 Å². The zero-order valence-corrected chi connectivity index (χ0v) is 8.41. The van der Waals surface area contributed by atoms with E-state index in [0.29, 0.717) is 5.56 Å². The van der Waals surface area contributed by atoms with E-state index in [9.17, 15) is 13.2 Å². The molecular formula is C8H10N2O3S. The Labute approximate surface area is 81.9 Å². The molecule has 0 aromatic carbocycles. The molecule has 0 bridgehead atoms. The molecule has 2 N–H and O–H groups in total. The van der Waals surface area contributed by atoms with Crippen LogP contribution in [0.4, 0.5) is 0 Å². The van der Waals surface area contributed by atoms with Gasteiger partial charge in [0.15, 0.2) is 14.9 Å². The Morgan fingerprint density at radius 2 is 2.14 bits per heavy atom. The second kappa shape index (κ2) is 3.75. The lowest BCUT2D eigenvalue weighted by atomic mass is 10.2. The molecule has 0 aliphatic carbocycles. The molecule has 1 heterocycles. The maximum atomic E-state index is 11.0. The highest BCUT2D eigenvalue weighted by atomic mass is 32.2. The number of hydrogen-bond acceptors (Lipinski definition) is 4. The molecule has 1 aromatic rings. The summed E-state index contributed by atoms with van der Waals surface area (Å²) in [5.41, 5.74) is 5.57. The minimum Gasteiger partial charge on any atom is -0.369 e. The number of carbonyl (C=O) groups excluding carboxylic acids is 1. The van der Waals surface area contributed by atoms with Crippen molar-refractivity contribution in [2.24, 2.45) is 5.73 Å². The predicted molar refractivity (Wildman–Crippen MR) is 50.2 cm³/mol. The molecular weight excluding hydrogens is 204 g/mol. The lowest BCUT2D eigenvalue weighted by molar-refractivity contribution is -0.117. The van der Waals surface area contributed by atoms with E-state index in [4.69, 9.17) is 5.73 Å². The van der Waals surface area contributed by atoms with Gasteiger partial charge in [-0.25, -0.2) is 13.4 Å². The van der Waals surface area contributed by atoms with E-state index < -0.39 is 15.7 Å². The number of carbonyl (C=O) groups is 1. The maximum absolute atomic E-state index is 11.0. The van der Waals surface area contributed by atoms with Gasteiger partial charge in [0.1, 0.15) is 0 Å². The quantitative estimate of drug-likeness (QED) is 0.735. The predicted octanol–water partition coefficient (Wildman–Crippen LogP) is -0.487. The van der Waals surface area contributed by atoms with Gasteiger partial charge in [-0.2, -0.15) is 0 Å². The Morgan fingerprint density at radius 1 is 1.50 bits per heavy atom. The smallest absolute Gasteiger partial charge is 0.221 e. The van der Waals surface area contributed by atoms with Crippen LogP contribution in [0.3, 0.4) is 0 Å². The number of aromatic nitrogens is 1. The van der Waals surface area contributed by atoms with Gasteiger partial charge in [-0.3, -0.25) is 4.79 Å². The number of amides is 1. The fourth-order valence-electron chi connectivity index (χ4n) is 0.936. The highest BCUT2D eigenvalue weighted by molar-refractivity contribution is 7.90. The molecule has 0 spiro atoms. The lowest BCUT2D eigenvalue weighted by Crippen LogP contribution is -2.14. The van der Waals surface area contributed by atoms with Gasteiger partial charge in [0.05, 0.1) is 6.42 Å². The highest BCUT2D eigenvalue weighted by Crippen LogP contribution is 2.06. The standard InChI is InChI=1S/C8H10N2O3S/c1-14(12,13)8-3-2-6(5-10-8)4-7(9)11/h2-3,5H,4H2,1H3,(H2,9,11). The van der Waals surface area contributed by atoms with Gasteiger partial charge in [-0.1, -0.05) is 6.07 Å². The summed E-state index contributed by atoms with van der Waals surface area (Å²) in [4.78, 5) is 14.2. The number of rotatable bonds is 3. The molecule has 0 unspecified atom stereocenters. The molecule has 0 saturated heterocycles. The van der Waals surface area contributed by atoms with Crippen molar-refractivity contribution in [3.05, 3.63) is 23.9 Å². The van der Waals surface area contributed by atoms with Crippen molar-refractivity contribution < 1.29 is 13.2 Å². The van der Waals surface area contributed by atoms with Crippen molar-refractivity contribution in [3.8, 4) is 0 Å². The Balaban J connectivity index is 2.95. The van der Waals surface area contributed by atoms with Crippen molar-refractivity contribution in [2.45, 2.75) is 11.4 Å². The minimum atomic E-state index is -3.28. The van der Waals surface area contributed by atoms with Crippen molar-refractivity contribution in [2.75, 3.05) is 6.26 Å². The molecule has 14 heavy (non-hydrogen) atoms. The molecule has 76 valence electrons. The normalized spacial score (nSPS) is 11.2. The molecule has 1 amide bonds. The molecule has 0 atom stereocenters. The fourth-order valence-corrected chi connectivity index (χ4v) is 1.50. The van der Waals surface area contributed by atoms with Crippen LogP contribution in [0.1, 0.15) is 5.56 Å². The van der Waals surface area contributed by atoms with Crippen LogP contribution in [0, 0.1) is 0 Å². The number of sulfone groups is 1. The third-order valence-corrected chi connectivity index (χ3v) is 2.56. The van der Waals surface area contributed by atoms with E-state index in [-0.39, 0.29) is 11.4 Å². The Hall–Kier alpha value is -1.43. The second-order valence-corrected chi connectivity index (χ2v) is 4.88. The van der Waals surface area contributed by atoms with Crippen molar-refractivity contribution in [1.29, 1.82) is 0 Å². The van der Waals surface area contributed by atoms with Gasteiger partial charge >= 0.3 is 0 Å². The minimum absolute atomic E-state index is 0.00859. The van der Waals surface area contributed by atoms with Crippen LogP contribution in [-0.4, -0.2) is 25.6 Å². The third kappa shape index (κ3) is 2.81. The average molecular weight is 214 g/mol. The molecule has 0 aliphatic rings. The summed E-state index contributed by atoms with van der Waals surface area (Å²) >= 11 is 0. The molecule has 6 heteroatoms. The summed E-state index contributed by atoms with van der Waals surface area (Å²) in [5, 5.41) is -0.00859. The van der Waals surface area contributed by atoms with E-state index in [1.807, 2.05) is 0 Å². The van der Waals surface area contributed by atoms with E-state index >= 15 is 0 Å². The summed E-state index contributed by atoms with van der Waals surface area (Å²) in [6.07, 6.45) is 2.47. The first-order chi connectivity index (χ1) is 6.39. The maximum Gasteiger partial charge on any atom is 0.221 e. The number of pyridine rings is 1. The largest absolute Gasteiger partial charge is 0.369 e. The molecule has 0 saturated carbocycles. The number of nitrogens with two attached hydrogens (primary N) is 1. The van der Waals surface area contributed by atoms with E-state index in [1.54, 1.807) is 0 Å². The summed E-state index contributed by atoms with van der Waals surface area (Å²) in [7, 11) is -3.28. The van der Waals surface area contributed by atoms with Gasteiger partial charge in [-0.05, 0) is 11.6 Å². The number of hydrogen-bond donors (Lipinski definition) is 1. The Bertz CT molecular complexity index is 436. The molecule has 1 aromatic heterocycles. The monoisotopic (exact) mass is 214 g/mol. The molecule has 0 fully saturated rings. The summed E-state index contributed by atoms with van der Waals surface area (Å²) in [5.74, 6) is -0.473. The summed E-state index contributed by atoms with van der Waals surface area (Å²) in [6, 6.07) is 2.88. The highest BCUT2D eigenvalue weighted by Gasteiger charge is 2.08. The van der Waals surface area contributed by atoms with Gasteiger partial charge in [0.2, 0.25) is 5.91 Å². The average Bonchev–Trinajstić information content (AvgIpc) is 2.02. The van der Waals surface area contributed by atoms with Crippen molar-refractivity contribution >= 4 is 15.7 Å². The topological polar surface area (TPSA) is 90.1 Å². The number of nitrogens with zero attached hydrogens (tertiary/aromatic N) is 1. The SMILES string of the molecule is CS(=O)(=O)c1ccc(CC(N)=O)cn1. The van der Waals surface area contributed by atoms with E-state index in [0.717, 1.165) is 6.26 Å². The Kier molecular flexibility index (Phi) is 2.85. The van der Waals surface area contributed by atoms with Crippen LogP contribution in [0.5, 0.6) is 0 Å². The first kappa shape index (κ1) is 10.6. The molecule has 1 rings (SSSR count). The van der Waals surface area contributed by atoms with Crippen LogP contribution in [0.2, 0.25) is 0 Å². The third-order valence-electron chi connectivity index (χ3n) is 1.56. The Morgan fingerprint density at radius 3 is 2.50 bits per heavy atom. The van der Waals surface area contributed by atoms with Crippen LogP contribution in [0.25, 0.3) is 0 Å². The first-order valence-corrected chi connectivity index (χ1v) is 5.72. The van der Waals surface area contributed by atoms with Crippen LogP contribution < -0.4 is 5.73 Å². The van der Waals surface area contributed by atoms with Crippen LogP contribution >= 0.6 is 0 Å². The second-order valence-electron chi connectivity index (χ2n) is 2.92. The van der Waals surface area contributed by atoms with Gasteiger partial charge in [0, 0.05) is 12.5 Å². The number of primary amides is 1. The molecule has 0 radical (unpaired) electrons. The van der Waals surface area contributed by atoms with Gasteiger partial charge in [0.25, 0.3) is 0 Å². The lowest BCUT2D eigenvalue weighted by Gasteiger charge is -1.99. The summed E-state index contributed by atoms with van der Waals surface area (Å²) in [6.45, 7) is 0. The van der Waals surface area contributed by atoms with Crippen LogP contribution in [0.15, 0.2) is 23.4 Å². The first-order valence-electron chi connectivity index (χ1n) is 3.83. The van der Waals surface area contributed by atoms with Crippen LogP contribution in [-0.2, 0) is 21.1 Å². The zero-order valence-electron chi connectivity index (χ0n) is 7.60. The van der Waals surface area contributed by atoms with Gasteiger partial charge in [-0.15, -0.1) is 0 Å². The molecule has 0 aliphatic heterocycles. The van der Waals surface area contributed by atoms with Crippen molar-refractivity contribution in [1.82, 2.24) is 4.98 Å².